The molecule has 1 aromatic carbocycles. The van der Waals surface area contributed by atoms with E-state index in [1.165, 1.54) is 23.1 Å². The number of tetrazole rings is 1. The summed E-state index contributed by atoms with van der Waals surface area (Å²) in [5, 5.41) is 20.5. The number of halogens is 1. The number of rotatable bonds is 4. The summed E-state index contributed by atoms with van der Waals surface area (Å²) < 4.78 is 4.25. The molecule has 3 aromatic heterocycles. The maximum absolute atomic E-state index is 12.8. The van der Waals surface area contributed by atoms with E-state index in [2.05, 4.69) is 41.9 Å². The largest absolute Gasteiger partial charge is 0.320 e. The Kier molecular flexibility index (Phi) is 4.74. The lowest BCUT2D eigenvalue weighted by atomic mass is 10.3. The summed E-state index contributed by atoms with van der Waals surface area (Å²) in [5.74, 6) is -0.161. The number of aryl methyl sites for hydroxylation is 3. The second kappa shape index (κ2) is 7.06. The zero-order chi connectivity index (χ0) is 19.1. The van der Waals surface area contributed by atoms with Crippen molar-refractivity contribution < 1.29 is 4.79 Å². The van der Waals surface area contributed by atoms with Crippen LogP contribution in [0.2, 0.25) is 0 Å². The number of fused-ring (bicyclic) bond motifs is 1. The molecule has 1 amide bonds. The molecule has 0 unspecified atom stereocenters. The Balaban J connectivity index is 1.64. The molecular weight excluding hydrogens is 450 g/mol. The highest BCUT2D eigenvalue weighted by Gasteiger charge is 2.17. The number of hydrogen-bond donors (Lipinski definition) is 1. The van der Waals surface area contributed by atoms with E-state index in [9.17, 15) is 4.79 Å². The van der Waals surface area contributed by atoms with Gasteiger partial charge in [-0.25, -0.2) is 4.68 Å². The Hall–Kier alpha value is -2.24. The number of aromatic nitrogens is 6. The van der Waals surface area contributed by atoms with Crippen LogP contribution in [-0.2, 0) is 14.1 Å². The molecule has 0 aliphatic carbocycles. The normalized spacial score (nSPS) is 11.3. The van der Waals surface area contributed by atoms with Gasteiger partial charge in [0.05, 0.1) is 16.3 Å². The van der Waals surface area contributed by atoms with E-state index in [1.807, 2.05) is 38.2 Å². The van der Waals surface area contributed by atoms with Gasteiger partial charge in [0.2, 0.25) is 5.16 Å². The first kappa shape index (κ1) is 18.1. The number of benzene rings is 1. The molecule has 0 radical (unpaired) electrons. The van der Waals surface area contributed by atoms with Gasteiger partial charge < -0.3 is 5.32 Å². The third kappa shape index (κ3) is 3.49. The second-order valence-corrected chi connectivity index (χ2v) is 8.78. The minimum atomic E-state index is -0.161. The van der Waals surface area contributed by atoms with Gasteiger partial charge in [0, 0.05) is 28.8 Å². The van der Waals surface area contributed by atoms with E-state index in [0.29, 0.717) is 15.7 Å². The summed E-state index contributed by atoms with van der Waals surface area (Å²) in [7, 11) is 3.65. The van der Waals surface area contributed by atoms with Crippen LogP contribution in [0.25, 0.3) is 10.2 Å². The van der Waals surface area contributed by atoms with Gasteiger partial charge in [-0.15, -0.1) is 16.4 Å². The van der Waals surface area contributed by atoms with E-state index < -0.39 is 0 Å². The Morgan fingerprint density at radius 2 is 2.07 bits per heavy atom. The van der Waals surface area contributed by atoms with Crippen LogP contribution in [0.1, 0.15) is 15.4 Å². The van der Waals surface area contributed by atoms with E-state index in [4.69, 9.17) is 0 Å². The average Bonchev–Trinajstić information content (AvgIpc) is 3.29. The monoisotopic (exact) mass is 463 g/mol. The van der Waals surface area contributed by atoms with Crippen molar-refractivity contribution in [3.05, 3.63) is 39.3 Å². The number of carbonyl (C=O) groups is 1. The first-order valence-corrected chi connectivity index (χ1v) is 10.3. The zero-order valence-corrected chi connectivity index (χ0v) is 17.8. The topological polar surface area (TPSA) is 90.5 Å². The molecule has 8 nitrogen and oxygen atoms in total. The minimum absolute atomic E-state index is 0.161. The van der Waals surface area contributed by atoms with Gasteiger partial charge >= 0.3 is 0 Å². The minimum Gasteiger partial charge on any atom is -0.320 e. The van der Waals surface area contributed by atoms with Crippen LogP contribution in [0.3, 0.4) is 0 Å². The van der Waals surface area contributed by atoms with Crippen LogP contribution in [0, 0.1) is 6.92 Å². The van der Waals surface area contributed by atoms with Crippen LogP contribution < -0.4 is 5.32 Å². The highest BCUT2D eigenvalue weighted by Crippen LogP contribution is 2.35. The molecule has 0 aliphatic heterocycles. The molecule has 1 N–H and O–H groups in total. The molecule has 0 fully saturated rings. The first-order chi connectivity index (χ1) is 12.9. The fraction of sp³-hybridized carbons (Fsp3) is 0.188. The van der Waals surface area contributed by atoms with Gasteiger partial charge in [-0.3, -0.25) is 9.48 Å². The summed E-state index contributed by atoms with van der Waals surface area (Å²) >= 11 is 6.27. The predicted molar refractivity (Wildman–Crippen MR) is 108 cm³/mol. The molecule has 27 heavy (non-hydrogen) atoms. The molecule has 0 bridgehead atoms. The summed E-state index contributed by atoms with van der Waals surface area (Å²) in [6, 6.07) is 7.58. The maximum Gasteiger partial charge on any atom is 0.265 e. The Labute approximate surface area is 171 Å². The lowest BCUT2D eigenvalue weighted by Crippen LogP contribution is -2.11. The number of carbonyl (C=O) groups excluding carboxylic acids is 1. The number of thiophene rings is 1. The molecule has 0 saturated carbocycles. The molecule has 11 heteroatoms. The summed E-state index contributed by atoms with van der Waals surface area (Å²) in [6.07, 6.45) is 0. The van der Waals surface area contributed by atoms with Crippen molar-refractivity contribution in [1.82, 2.24) is 30.0 Å². The van der Waals surface area contributed by atoms with E-state index >= 15 is 0 Å². The third-order valence-corrected chi connectivity index (χ3v) is 6.69. The highest BCUT2D eigenvalue weighted by atomic mass is 79.9. The standard InChI is InChI=1S/C16H14BrN7OS2/c1-8-10-7-13(26-15(10)23(2)20-8)14(25)18-11-6-9(17)4-5-12(11)27-16-19-21-22-24(16)3/h4-7H,1-3H3,(H,18,25). The lowest BCUT2D eigenvalue weighted by molar-refractivity contribution is 0.103. The summed E-state index contributed by atoms with van der Waals surface area (Å²) in [5.41, 5.74) is 1.60. The van der Waals surface area contributed by atoms with Gasteiger partial charge in [0.15, 0.2) is 0 Å². The van der Waals surface area contributed by atoms with Gasteiger partial charge in [0.25, 0.3) is 5.91 Å². The fourth-order valence-electron chi connectivity index (χ4n) is 2.60. The Morgan fingerprint density at radius 1 is 1.26 bits per heavy atom. The van der Waals surface area contributed by atoms with Crippen LogP contribution >= 0.6 is 39.0 Å². The zero-order valence-electron chi connectivity index (χ0n) is 14.6. The molecule has 138 valence electrons. The Bertz CT molecular complexity index is 1130. The number of nitrogens with zero attached hydrogens (tertiary/aromatic N) is 6. The van der Waals surface area contributed by atoms with Crippen molar-refractivity contribution in [1.29, 1.82) is 0 Å². The molecule has 4 rings (SSSR count). The molecule has 4 aromatic rings. The van der Waals surface area contributed by atoms with Crippen molar-refractivity contribution in [2.75, 3.05) is 5.32 Å². The van der Waals surface area contributed by atoms with Crippen molar-refractivity contribution in [3.63, 3.8) is 0 Å². The van der Waals surface area contributed by atoms with Crippen molar-refractivity contribution in [2.24, 2.45) is 14.1 Å². The maximum atomic E-state index is 12.8. The first-order valence-electron chi connectivity index (χ1n) is 7.86. The molecule has 0 aliphatic rings. The van der Waals surface area contributed by atoms with Gasteiger partial charge in [-0.1, -0.05) is 15.9 Å². The number of nitrogens with one attached hydrogen (secondary N) is 1. The SMILES string of the molecule is Cc1nn(C)c2sc(C(=O)Nc3cc(Br)ccc3Sc3nnnn3C)cc12. The fourth-order valence-corrected chi connectivity index (χ4v) is 4.77. The summed E-state index contributed by atoms with van der Waals surface area (Å²) in [4.78, 5) is 15.3. The molecule has 0 atom stereocenters. The van der Waals surface area contributed by atoms with E-state index in [1.54, 1.807) is 16.4 Å². The van der Waals surface area contributed by atoms with Crippen molar-refractivity contribution in [3.8, 4) is 0 Å². The van der Waals surface area contributed by atoms with E-state index in [0.717, 1.165) is 25.3 Å². The van der Waals surface area contributed by atoms with E-state index in [-0.39, 0.29) is 5.91 Å². The van der Waals surface area contributed by atoms with Gasteiger partial charge in [0.1, 0.15) is 4.83 Å². The van der Waals surface area contributed by atoms with Crippen LogP contribution in [0.4, 0.5) is 5.69 Å². The second-order valence-electron chi connectivity index (χ2n) is 5.82. The molecular formula is C16H14BrN7OS2. The van der Waals surface area contributed by atoms with Crippen molar-refractivity contribution in [2.45, 2.75) is 17.0 Å². The number of amides is 1. The predicted octanol–water partition coefficient (Wildman–Crippen LogP) is 3.63. The molecule has 0 spiro atoms. The molecule has 3 heterocycles. The van der Waals surface area contributed by atoms with Crippen LogP contribution in [0.5, 0.6) is 0 Å². The average molecular weight is 464 g/mol. The quantitative estimate of drug-likeness (QED) is 0.496. The smallest absolute Gasteiger partial charge is 0.265 e. The molecule has 0 saturated heterocycles. The van der Waals surface area contributed by atoms with Crippen LogP contribution in [-0.4, -0.2) is 35.9 Å². The van der Waals surface area contributed by atoms with Gasteiger partial charge in [-0.2, -0.15) is 5.10 Å². The van der Waals surface area contributed by atoms with Crippen molar-refractivity contribution >= 4 is 60.8 Å². The highest BCUT2D eigenvalue weighted by molar-refractivity contribution is 9.10. The Morgan fingerprint density at radius 3 is 2.78 bits per heavy atom. The number of hydrogen-bond acceptors (Lipinski definition) is 7. The number of anilines is 1. The third-order valence-electron chi connectivity index (χ3n) is 3.89. The lowest BCUT2D eigenvalue weighted by Gasteiger charge is -2.10. The van der Waals surface area contributed by atoms with Crippen LogP contribution in [0.15, 0.2) is 38.8 Å². The van der Waals surface area contributed by atoms with Gasteiger partial charge in [-0.05, 0) is 53.4 Å². The summed E-state index contributed by atoms with van der Waals surface area (Å²) in [6.45, 7) is 1.94.